The summed E-state index contributed by atoms with van der Waals surface area (Å²) >= 11 is 1.05. The number of thiazole rings is 1. The third-order valence-corrected chi connectivity index (χ3v) is 7.24. The SMILES string of the molecule is COc1ccc(C=c2sc(=C(C#N)C(=O)Nc3ccccc3C)n(-c3ccccc3C)c2=O)c(OC)c1OC. The second-order valence-electron chi connectivity index (χ2n) is 8.52. The number of anilines is 1. The van der Waals surface area contributed by atoms with Crippen molar-refractivity contribution < 1.29 is 19.0 Å². The number of rotatable bonds is 7. The summed E-state index contributed by atoms with van der Waals surface area (Å²) in [4.78, 5) is 27.2. The van der Waals surface area contributed by atoms with Gasteiger partial charge in [0, 0.05) is 11.3 Å². The van der Waals surface area contributed by atoms with Gasteiger partial charge in [0.05, 0.1) is 31.5 Å². The van der Waals surface area contributed by atoms with Crippen molar-refractivity contribution in [2.24, 2.45) is 0 Å². The standard InChI is InChI=1S/C30H27N3O5S/c1-18-10-6-8-12-22(18)32-28(34)21(17-31)30-33(23-13-9-7-11-19(23)2)29(35)25(39-30)16-20-14-15-24(36-3)27(38-5)26(20)37-4/h6-16H,1-5H3,(H,32,34). The lowest BCUT2D eigenvalue weighted by Gasteiger charge is -2.13. The topological polar surface area (TPSA) is 103 Å². The van der Waals surface area contributed by atoms with E-state index in [2.05, 4.69) is 5.32 Å². The van der Waals surface area contributed by atoms with E-state index in [0.717, 1.165) is 22.5 Å². The molecule has 0 saturated heterocycles. The molecule has 9 heteroatoms. The van der Waals surface area contributed by atoms with Gasteiger partial charge < -0.3 is 19.5 Å². The quantitative estimate of drug-likeness (QED) is 0.383. The van der Waals surface area contributed by atoms with E-state index in [1.807, 2.05) is 44.2 Å². The molecular formula is C30H27N3O5S. The lowest BCUT2D eigenvalue weighted by atomic mass is 10.1. The molecular weight excluding hydrogens is 514 g/mol. The maximum absolute atomic E-state index is 13.9. The molecule has 0 atom stereocenters. The van der Waals surface area contributed by atoms with Crippen LogP contribution in [0.1, 0.15) is 16.7 Å². The Hall–Kier alpha value is -4.81. The number of nitriles is 1. The molecule has 4 aromatic rings. The van der Waals surface area contributed by atoms with Crippen LogP contribution in [0.25, 0.3) is 17.3 Å². The highest BCUT2D eigenvalue weighted by molar-refractivity contribution is 7.07. The molecule has 0 aliphatic heterocycles. The predicted octanol–water partition coefficient (Wildman–Crippen LogP) is 3.68. The number of hydrogen-bond acceptors (Lipinski definition) is 7. The molecule has 0 bridgehead atoms. The average Bonchev–Trinajstić information content (AvgIpc) is 3.25. The van der Waals surface area contributed by atoms with Gasteiger partial charge in [-0.1, -0.05) is 36.4 Å². The third-order valence-electron chi connectivity index (χ3n) is 6.15. The molecule has 0 radical (unpaired) electrons. The number of benzene rings is 3. The Morgan fingerprint density at radius 1 is 0.923 bits per heavy atom. The number of nitrogens with zero attached hydrogens (tertiary/aromatic N) is 2. The monoisotopic (exact) mass is 541 g/mol. The number of aromatic nitrogens is 1. The average molecular weight is 542 g/mol. The molecule has 0 unspecified atom stereocenters. The summed E-state index contributed by atoms with van der Waals surface area (Å²) in [5, 5.41) is 12.9. The van der Waals surface area contributed by atoms with Crippen LogP contribution in [0, 0.1) is 25.2 Å². The number of para-hydroxylation sites is 2. The van der Waals surface area contributed by atoms with Crippen molar-refractivity contribution in [1.82, 2.24) is 4.57 Å². The van der Waals surface area contributed by atoms with Crippen molar-refractivity contribution in [3.8, 4) is 29.0 Å². The highest BCUT2D eigenvalue weighted by Gasteiger charge is 2.20. The minimum absolute atomic E-state index is 0.178. The van der Waals surface area contributed by atoms with Gasteiger partial charge in [0.2, 0.25) is 5.75 Å². The fraction of sp³-hybridized carbons (Fsp3) is 0.167. The van der Waals surface area contributed by atoms with Gasteiger partial charge in [-0.15, -0.1) is 11.3 Å². The van der Waals surface area contributed by atoms with Crippen LogP contribution in [0.2, 0.25) is 0 Å². The van der Waals surface area contributed by atoms with Crippen molar-refractivity contribution in [2.45, 2.75) is 13.8 Å². The second-order valence-corrected chi connectivity index (χ2v) is 9.55. The number of nitrogens with one attached hydrogen (secondary N) is 1. The van der Waals surface area contributed by atoms with E-state index in [0.29, 0.717) is 38.7 Å². The van der Waals surface area contributed by atoms with E-state index in [1.165, 1.54) is 25.9 Å². The van der Waals surface area contributed by atoms with Crippen LogP contribution in [0.3, 0.4) is 0 Å². The summed E-state index contributed by atoms with van der Waals surface area (Å²) in [6, 6.07) is 20.1. The maximum Gasteiger partial charge on any atom is 0.273 e. The van der Waals surface area contributed by atoms with Gasteiger partial charge >= 0.3 is 0 Å². The highest BCUT2D eigenvalue weighted by atomic mass is 32.1. The van der Waals surface area contributed by atoms with Gasteiger partial charge in [0.15, 0.2) is 17.1 Å². The zero-order chi connectivity index (χ0) is 28.1. The second kappa shape index (κ2) is 11.7. The first-order chi connectivity index (χ1) is 18.8. The first kappa shape index (κ1) is 27.2. The normalized spacial score (nSPS) is 11.9. The zero-order valence-corrected chi connectivity index (χ0v) is 23.0. The predicted molar refractivity (Wildman–Crippen MR) is 152 cm³/mol. The van der Waals surface area contributed by atoms with Gasteiger partial charge in [-0.3, -0.25) is 14.2 Å². The van der Waals surface area contributed by atoms with Gasteiger partial charge in [0.1, 0.15) is 10.7 Å². The Morgan fingerprint density at radius 2 is 1.59 bits per heavy atom. The van der Waals surface area contributed by atoms with Crippen LogP contribution < -0.4 is 34.3 Å². The smallest absolute Gasteiger partial charge is 0.273 e. The Bertz CT molecular complexity index is 1780. The molecule has 4 rings (SSSR count). The van der Waals surface area contributed by atoms with E-state index in [4.69, 9.17) is 14.2 Å². The number of amides is 1. The summed E-state index contributed by atoms with van der Waals surface area (Å²) in [6.07, 6.45) is 1.65. The Morgan fingerprint density at radius 3 is 2.21 bits per heavy atom. The first-order valence-corrected chi connectivity index (χ1v) is 12.8. The molecule has 0 saturated carbocycles. The molecule has 1 N–H and O–H groups in total. The molecule has 198 valence electrons. The molecule has 0 fully saturated rings. The van der Waals surface area contributed by atoms with Crippen molar-refractivity contribution in [3.05, 3.63) is 96.9 Å². The zero-order valence-electron chi connectivity index (χ0n) is 22.2. The molecule has 0 aliphatic carbocycles. The van der Waals surface area contributed by atoms with Crippen LogP contribution in [-0.2, 0) is 4.79 Å². The number of carbonyl (C=O) groups is 1. The molecule has 1 heterocycles. The molecule has 39 heavy (non-hydrogen) atoms. The molecule has 0 spiro atoms. The lowest BCUT2D eigenvalue weighted by molar-refractivity contribution is -0.111. The largest absolute Gasteiger partial charge is 0.493 e. The number of ether oxygens (including phenoxy) is 3. The molecule has 8 nitrogen and oxygen atoms in total. The minimum Gasteiger partial charge on any atom is -0.493 e. The van der Waals surface area contributed by atoms with Crippen molar-refractivity contribution in [3.63, 3.8) is 0 Å². The summed E-state index contributed by atoms with van der Waals surface area (Å²) in [6.45, 7) is 3.73. The Kier molecular flexibility index (Phi) is 8.18. The van der Waals surface area contributed by atoms with Crippen LogP contribution in [0.4, 0.5) is 5.69 Å². The Balaban J connectivity index is 2.03. The summed E-state index contributed by atoms with van der Waals surface area (Å²) in [5.74, 6) is 0.636. The van der Waals surface area contributed by atoms with E-state index in [-0.39, 0.29) is 15.8 Å². The van der Waals surface area contributed by atoms with Gasteiger partial charge in [-0.2, -0.15) is 5.26 Å². The summed E-state index contributed by atoms with van der Waals surface area (Å²) in [5.41, 5.74) is 2.83. The van der Waals surface area contributed by atoms with Gasteiger partial charge in [-0.25, -0.2) is 0 Å². The Labute approximate surface area is 229 Å². The first-order valence-electron chi connectivity index (χ1n) is 11.9. The molecule has 0 aliphatic rings. The minimum atomic E-state index is -0.606. The molecule has 1 aromatic heterocycles. The summed E-state index contributed by atoms with van der Waals surface area (Å²) < 4.78 is 18.4. The van der Waals surface area contributed by atoms with Gasteiger partial charge in [-0.05, 0) is 55.3 Å². The fourth-order valence-electron chi connectivity index (χ4n) is 4.16. The van der Waals surface area contributed by atoms with Crippen LogP contribution in [0.5, 0.6) is 17.2 Å². The van der Waals surface area contributed by atoms with Crippen LogP contribution in [-0.4, -0.2) is 31.8 Å². The fourth-order valence-corrected chi connectivity index (χ4v) is 5.24. The summed E-state index contributed by atoms with van der Waals surface area (Å²) in [7, 11) is 4.52. The number of hydrogen-bond donors (Lipinski definition) is 1. The lowest BCUT2D eigenvalue weighted by Crippen LogP contribution is -2.32. The number of carbonyl (C=O) groups excluding carboxylic acids is 1. The van der Waals surface area contributed by atoms with E-state index < -0.39 is 5.91 Å². The highest BCUT2D eigenvalue weighted by Crippen LogP contribution is 2.40. The van der Waals surface area contributed by atoms with E-state index in [1.54, 1.807) is 42.5 Å². The van der Waals surface area contributed by atoms with Crippen LogP contribution >= 0.6 is 11.3 Å². The van der Waals surface area contributed by atoms with E-state index >= 15 is 0 Å². The molecule has 3 aromatic carbocycles. The van der Waals surface area contributed by atoms with Crippen molar-refractivity contribution in [1.29, 1.82) is 5.26 Å². The van der Waals surface area contributed by atoms with Crippen molar-refractivity contribution >= 4 is 34.6 Å². The van der Waals surface area contributed by atoms with Gasteiger partial charge in [0.25, 0.3) is 11.5 Å². The maximum atomic E-state index is 13.9. The number of aryl methyl sites for hydroxylation is 2. The van der Waals surface area contributed by atoms with Crippen molar-refractivity contribution in [2.75, 3.05) is 26.6 Å². The third kappa shape index (κ3) is 5.28. The van der Waals surface area contributed by atoms with E-state index in [9.17, 15) is 14.9 Å². The van der Waals surface area contributed by atoms with Crippen LogP contribution in [0.15, 0.2) is 65.5 Å². The molecule has 1 amide bonds. The number of methoxy groups -OCH3 is 3.